The summed E-state index contributed by atoms with van der Waals surface area (Å²) in [4.78, 5) is 46.2. The number of urea groups is 1. The van der Waals surface area contributed by atoms with E-state index in [4.69, 9.17) is 16.6 Å². The van der Waals surface area contributed by atoms with Crippen molar-refractivity contribution in [2.75, 3.05) is 11.9 Å². The van der Waals surface area contributed by atoms with E-state index in [1.807, 2.05) is 0 Å². The SMILES string of the molecule is CC(C)[C@H](N)C(=O)N[C@@H](CCCNC(N)=O)C(=O)Nc1ccc(COC(=O)O)cc1. The van der Waals surface area contributed by atoms with Crippen LogP contribution in [0.4, 0.5) is 15.3 Å². The van der Waals surface area contributed by atoms with Gasteiger partial charge in [0.2, 0.25) is 11.8 Å². The Morgan fingerprint density at radius 1 is 1.10 bits per heavy atom. The molecule has 0 unspecified atom stereocenters. The number of hydrogen-bond donors (Lipinski definition) is 6. The van der Waals surface area contributed by atoms with E-state index in [9.17, 15) is 19.2 Å². The van der Waals surface area contributed by atoms with E-state index in [-0.39, 0.29) is 25.5 Å². The lowest BCUT2D eigenvalue weighted by molar-refractivity contribution is -0.128. The first kappa shape index (κ1) is 24.7. The van der Waals surface area contributed by atoms with Gasteiger partial charge in [-0.2, -0.15) is 0 Å². The summed E-state index contributed by atoms with van der Waals surface area (Å²) in [7, 11) is 0. The maximum Gasteiger partial charge on any atom is 0.506 e. The van der Waals surface area contributed by atoms with Crippen molar-refractivity contribution in [3.63, 3.8) is 0 Å². The minimum atomic E-state index is -1.38. The zero-order valence-corrected chi connectivity index (χ0v) is 17.0. The van der Waals surface area contributed by atoms with Gasteiger partial charge in [0, 0.05) is 12.2 Å². The maximum atomic E-state index is 12.7. The van der Waals surface area contributed by atoms with Gasteiger partial charge >= 0.3 is 12.2 Å². The summed E-state index contributed by atoms with van der Waals surface area (Å²) in [6.45, 7) is 3.74. The number of hydrogen-bond acceptors (Lipinski definition) is 6. The predicted molar refractivity (Wildman–Crippen MR) is 109 cm³/mol. The third kappa shape index (κ3) is 9.24. The molecule has 0 fully saturated rings. The highest BCUT2D eigenvalue weighted by Crippen LogP contribution is 2.12. The number of ether oxygens (including phenoxy) is 1. The molecule has 30 heavy (non-hydrogen) atoms. The van der Waals surface area contributed by atoms with E-state index >= 15 is 0 Å². The molecule has 0 heterocycles. The van der Waals surface area contributed by atoms with Crippen molar-refractivity contribution in [2.24, 2.45) is 17.4 Å². The lowest BCUT2D eigenvalue weighted by atomic mass is 10.0. The number of benzene rings is 1. The van der Waals surface area contributed by atoms with E-state index < -0.39 is 36.1 Å². The molecule has 4 amide bonds. The summed E-state index contributed by atoms with van der Waals surface area (Å²) in [6, 6.07) is 4.09. The molecule has 0 aliphatic rings. The number of carbonyl (C=O) groups is 4. The van der Waals surface area contributed by atoms with Gasteiger partial charge < -0.3 is 37.3 Å². The maximum absolute atomic E-state index is 12.7. The Morgan fingerprint density at radius 3 is 2.27 bits per heavy atom. The van der Waals surface area contributed by atoms with Gasteiger partial charge in [0.25, 0.3) is 0 Å². The number of primary amides is 1. The van der Waals surface area contributed by atoms with Crippen LogP contribution in [0.25, 0.3) is 0 Å². The average molecular weight is 423 g/mol. The Kier molecular flexibility index (Phi) is 10.1. The van der Waals surface area contributed by atoms with Gasteiger partial charge in [0.15, 0.2) is 0 Å². The van der Waals surface area contributed by atoms with Gasteiger partial charge in [0.05, 0.1) is 6.04 Å². The zero-order chi connectivity index (χ0) is 22.7. The molecule has 0 saturated carbocycles. The minimum absolute atomic E-state index is 0.106. The molecule has 8 N–H and O–H groups in total. The summed E-state index contributed by atoms with van der Waals surface area (Å²) >= 11 is 0. The van der Waals surface area contributed by atoms with Crippen molar-refractivity contribution in [2.45, 2.75) is 45.4 Å². The molecule has 0 aliphatic heterocycles. The standard InChI is InChI=1S/C19H29N5O6/c1-11(2)15(20)17(26)24-14(4-3-9-22-18(21)27)16(25)23-13-7-5-12(6-8-13)10-30-19(28)29/h5-8,11,14-15H,3-4,9-10,20H2,1-2H3,(H,23,25)(H,24,26)(H,28,29)(H3,21,22,27)/t14-,15-/m0/s1. The topological polar surface area (TPSA) is 186 Å². The first-order valence-electron chi connectivity index (χ1n) is 9.45. The molecule has 0 saturated heterocycles. The Bertz CT molecular complexity index is 737. The van der Waals surface area contributed by atoms with Gasteiger partial charge in [-0.3, -0.25) is 9.59 Å². The van der Waals surface area contributed by atoms with Crippen molar-refractivity contribution in [1.29, 1.82) is 0 Å². The van der Waals surface area contributed by atoms with Gasteiger partial charge in [-0.25, -0.2) is 9.59 Å². The van der Waals surface area contributed by atoms with Crippen molar-refractivity contribution >= 4 is 29.7 Å². The summed E-state index contributed by atoms with van der Waals surface area (Å²) in [5, 5.41) is 16.3. The predicted octanol–water partition coefficient (Wildman–Crippen LogP) is 0.736. The molecule has 0 spiro atoms. The van der Waals surface area contributed by atoms with Crippen LogP contribution < -0.4 is 27.4 Å². The Hall–Kier alpha value is -3.34. The smallest absolute Gasteiger partial charge is 0.450 e. The monoisotopic (exact) mass is 423 g/mol. The van der Waals surface area contributed by atoms with Gasteiger partial charge in [-0.05, 0) is 36.5 Å². The van der Waals surface area contributed by atoms with Crippen LogP contribution >= 0.6 is 0 Å². The van der Waals surface area contributed by atoms with E-state index in [1.54, 1.807) is 38.1 Å². The van der Waals surface area contributed by atoms with Crippen molar-refractivity contribution < 1.29 is 29.0 Å². The summed E-state index contributed by atoms with van der Waals surface area (Å²) in [5.41, 5.74) is 11.9. The first-order chi connectivity index (χ1) is 14.1. The first-order valence-corrected chi connectivity index (χ1v) is 9.45. The zero-order valence-electron chi connectivity index (χ0n) is 17.0. The molecule has 0 radical (unpaired) electrons. The van der Waals surface area contributed by atoms with Crippen LogP contribution in [0.1, 0.15) is 32.3 Å². The fourth-order valence-electron chi connectivity index (χ4n) is 2.42. The lowest BCUT2D eigenvalue weighted by Gasteiger charge is -2.22. The van der Waals surface area contributed by atoms with Crippen molar-refractivity contribution in [3.8, 4) is 0 Å². The molecule has 0 aromatic heterocycles. The normalized spacial score (nSPS) is 12.5. The van der Waals surface area contributed by atoms with E-state index in [0.29, 0.717) is 17.7 Å². The van der Waals surface area contributed by atoms with E-state index in [1.165, 1.54) is 0 Å². The Balaban J connectivity index is 2.75. The second-order valence-electron chi connectivity index (χ2n) is 7.00. The highest BCUT2D eigenvalue weighted by atomic mass is 16.7. The highest BCUT2D eigenvalue weighted by molar-refractivity contribution is 5.97. The van der Waals surface area contributed by atoms with Crippen LogP contribution in [0, 0.1) is 5.92 Å². The summed E-state index contributed by atoms with van der Waals surface area (Å²) < 4.78 is 4.48. The number of anilines is 1. The number of rotatable bonds is 11. The fourth-order valence-corrected chi connectivity index (χ4v) is 2.42. The third-order valence-corrected chi connectivity index (χ3v) is 4.21. The van der Waals surface area contributed by atoms with Crippen molar-refractivity contribution in [3.05, 3.63) is 29.8 Å². The molecule has 0 bridgehead atoms. The fraction of sp³-hybridized carbons (Fsp3) is 0.474. The van der Waals surface area contributed by atoms with Crippen LogP contribution in [0.2, 0.25) is 0 Å². The molecule has 1 rings (SSSR count). The Labute approximate surface area is 174 Å². The van der Waals surface area contributed by atoms with E-state index in [2.05, 4.69) is 20.7 Å². The van der Waals surface area contributed by atoms with Crippen molar-refractivity contribution in [1.82, 2.24) is 10.6 Å². The Morgan fingerprint density at radius 2 is 1.73 bits per heavy atom. The summed E-state index contributed by atoms with van der Waals surface area (Å²) in [6.07, 6.45) is -0.715. The largest absolute Gasteiger partial charge is 0.506 e. The minimum Gasteiger partial charge on any atom is -0.450 e. The lowest BCUT2D eigenvalue weighted by Crippen LogP contribution is -2.51. The van der Waals surface area contributed by atoms with Crippen LogP contribution in [0.15, 0.2) is 24.3 Å². The average Bonchev–Trinajstić information content (AvgIpc) is 2.68. The molecule has 1 aromatic rings. The number of amides is 4. The van der Waals surface area contributed by atoms with Crippen LogP contribution in [-0.4, -0.2) is 47.7 Å². The molecule has 0 aliphatic carbocycles. The van der Waals surface area contributed by atoms with Gasteiger partial charge in [-0.1, -0.05) is 26.0 Å². The number of nitrogens with two attached hydrogens (primary N) is 2. The molecular formula is C19H29N5O6. The second kappa shape index (κ2) is 12.3. The quantitative estimate of drug-likeness (QED) is 0.224. The molecule has 166 valence electrons. The molecule has 11 heteroatoms. The second-order valence-corrected chi connectivity index (χ2v) is 7.00. The highest BCUT2D eigenvalue weighted by Gasteiger charge is 2.25. The van der Waals surface area contributed by atoms with Gasteiger partial charge in [0.1, 0.15) is 12.6 Å². The summed E-state index contributed by atoms with van der Waals surface area (Å²) in [5.74, 6) is -1.01. The molecule has 11 nitrogen and oxygen atoms in total. The number of nitrogens with one attached hydrogen (secondary N) is 3. The number of carbonyl (C=O) groups excluding carboxylic acids is 3. The van der Waals surface area contributed by atoms with E-state index in [0.717, 1.165) is 0 Å². The molecule has 2 atom stereocenters. The van der Waals surface area contributed by atoms with Gasteiger partial charge in [-0.15, -0.1) is 0 Å². The van der Waals surface area contributed by atoms with Crippen LogP contribution in [0.5, 0.6) is 0 Å². The molecular weight excluding hydrogens is 394 g/mol. The number of carboxylic acid groups (broad SMARTS) is 1. The van der Waals surface area contributed by atoms with Crippen LogP contribution in [0.3, 0.4) is 0 Å². The van der Waals surface area contributed by atoms with Crippen LogP contribution in [-0.2, 0) is 20.9 Å². The third-order valence-electron chi connectivity index (χ3n) is 4.21. The molecule has 1 aromatic carbocycles.